The Hall–Kier alpha value is 0.804. The third kappa shape index (κ3) is 8.95. The minimum absolute atomic E-state index is 0. The summed E-state index contributed by atoms with van der Waals surface area (Å²) in [6, 6.07) is 0.00290. The molecule has 1 N–H and O–H groups in total. The Morgan fingerprint density at radius 3 is 2.10 bits per heavy atom. The second-order valence-electron chi connectivity index (χ2n) is 5.13. The first-order chi connectivity index (χ1) is 8.50. The van der Waals surface area contributed by atoms with Crippen molar-refractivity contribution in [3.05, 3.63) is 0 Å². The molecule has 1 fully saturated rings. The van der Waals surface area contributed by atoms with Crippen LogP contribution >= 0.6 is 0 Å². The van der Waals surface area contributed by atoms with Gasteiger partial charge in [0.05, 0.1) is 0 Å². The van der Waals surface area contributed by atoms with E-state index in [1.165, 1.54) is 0 Å². The van der Waals surface area contributed by atoms with Crippen molar-refractivity contribution in [2.24, 2.45) is 0 Å². The number of nitrogens with one attached hydrogen (secondary N) is 1. The molecule has 0 bridgehead atoms. The monoisotopic (exact) mass is 359 g/mol. The van der Waals surface area contributed by atoms with E-state index in [2.05, 4.69) is 32.6 Å². The molecule has 1 atom stereocenters. The quantitative estimate of drug-likeness (QED) is 0.471. The van der Waals surface area contributed by atoms with Crippen LogP contribution in [-0.4, -0.2) is 84.9 Å². The Morgan fingerprint density at radius 1 is 1.05 bits per heavy atom. The number of nitrogens with zero attached hydrogens (tertiary/aromatic N) is 3. The van der Waals surface area contributed by atoms with Gasteiger partial charge in [0.25, 0.3) is 0 Å². The number of carbonyl (C=O) groups excluding carboxylic acids is 1. The van der Waals surface area contributed by atoms with Crippen LogP contribution in [-0.2, 0) is 25.5 Å². The van der Waals surface area contributed by atoms with Crippen molar-refractivity contribution in [2.45, 2.75) is 13.0 Å². The number of Topliss-reactive ketones (excluding diaryl/α,β-unsaturated/α-hetero) is 1. The minimum atomic E-state index is 0. The molecule has 0 aromatic rings. The van der Waals surface area contributed by atoms with Crippen LogP contribution in [0.2, 0.25) is 0 Å². The molecule has 1 saturated heterocycles. The van der Waals surface area contributed by atoms with Crippen LogP contribution in [0.3, 0.4) is 0 Å². The van der Waals surface area contributed by atoms with E-state index in [-0.39, 0.29) is 36.6 Å². The minimum Gasteiger partial charge on any atom is -1.00 e. The largest absolute Gasteiger partial charge is 1.00 e. The average molecular weight is 360 g/mol. The molecule has 0 radical (unpaired) electrons. The van der Waals surface area contributed by atoms with Gasteiger partial charge in [0.1, 0.15) is 0 Å². The Kier molecular flexibility index (Phi) is 14.3. The van der Waals surface area contributed by atoms with Gasteiger partial charge in [0.2, 0.25) is 0 Å². The van der Waals surface area contributed by atoms with Crippen molar-refractivity contribution in [2.75, 3.05) is 59.9 Å². The summed E-state index contributed by atoms with van der Waals surface area (Å²) in [6.45, 7) is 8.53. The van der Waals surface area contributed by atoms with Gasteiger partial charge in [-0.1, -0.05) is 0 Å². The van der Waals surface area contributed by atoms with Crippen molar-refractivity contribution in [3.63, 3.8) is 0 Å². The fourth-order valence-corrected chi connectivity index (χ4v) is 2.56. The predicted octanol–water partition coefficient (Wildman–Crippen LogP) is -6.82. The van der Waals surface area contributed by atoms with Gasteiger partial charge in [-0.3, -0.25) is 0 Å². The van der Waals surface area contributed by atoms with Gasteiger partial charge in [-0.15, -0.1) is 0 Å². The average Bonchev–Trinajstić information content (AvgIpc) is 2.31. The van der Waals surface area contributed by atoms with Gasteiger partial charge in [-0.05, 0) is 0 Å². The molecule has 0 saturated carbocycles. The summed E-state index contributed by atoms with van der Waals surface area (Å²) >= 11 is 2.04. The second kappa shape index (κ2) is 12.4. The van der Waals surface area contributed by atoms with Crippen molar-refractivity contribution >= 4 is 5.78 Å². The molecule has 0 amide bonds. The molecule has 1 heterocycles. The molecule has 0 aromatic heterocycles. The summed E-state index contributed by atoms with van der Waals surface area (Å²) in [6.07, 6.45) is 0. The van der Waals surface area contributed by atoms with E-state index in [0.29, 0.717) is 0 Å². The van der Waals surface area contributed by atoms with Gasteiger partial charge < -0.3 is 24.8 Å². The number of hydrogen-bond acceptors (Lipinski definition) is 5. The van der Waals surface area contributed by atoms with E-state index in [0.717, 1.165) is 45.8 Å². The fourth-order valence-electron chi connectivity index (χ4n) is 1.98. The maximum absolute atomic E-state index is 11.7. The Bertz CT molecular complexity index is 274. The van der Waals surface area contributed by atoms with E-state index < -0.39 is 0 Å². The van der Waals surface area contributed by atoms with Crippen molar-refractivity contribution in [3.8, 4) is 0 Å². The fraction of sp³-hybridized carbons (Fsp3) is 0.917. The molecule has 117 valence electrons. The first-order valence-electron chi connectivity index (χ1n) is 6.57. The molecular formula is C12H25Cl2N4OTi. The Labute approximate surface area is 147 Å². The summed E-state index contributed by atoms with van der Waals surface area (Å²) in [7, 11) is 4.30. The number of rotatable bonds is 1. The molecule has 0 aliphatic carbocycles. The van der Waals surface area contributed by atoms with Crippen LogP contribution in [0.25, 0.3) is 0 Å². The molecule has 20 heavy (non-hydrogen) atoms. The number of halogens is 2. The molecule has 1 rings (SSSR count). The molecule has 1 aliphatic rings. The smallest absolute Gasteiger partial charge is 1.00 e. The van der Waals surface area contributed by atoms with Gasteiger partial charge in [-0.25, -0.2) is 0 Å². The predicted molar refractivity (Wildman–Crippen MR) is 69.0 cm³/mol. The zero-order chi connectivity index (χ0) is 13.5. The summed E-state index contributed by atoms with van der Waals surface area (Å²) in [4.78, 5) is 16.3. The maximum Gasteiger partial charge on any atom is -1.00 e. The van der Waals surface area contributed by atoms with Crippen molar-refractivity contribution in [1.29, 1.82) is 0 Å². The SMILES string of the molecule is CC(=O)C1CNCCN(C)CCN(C)CC[N]1[Ti+2].[Cl-].[Cl-]. The molecular weight excluding hydrogens is 335 g/mol. The molecule has 8 heteroatoms. The standard InChI is InChI=1S/C12H25N4O.2ClH.Ti/c1-11(17)12-10-13-4-6-15(2)8-9-16(3)7-5-14-12;;;/h12-13H,4-10H2,1-3H3;2*1H;/q-1;;;+3/p-2. The molecule has 1 unspecified atom stereocenters. The van der Waals surface area contributed by atoms with Crippen LogP contribution in [0.4, 0.5) is 0 Å². The molecule has 0 spiro atoms. The number of ketones is 1. The Balaban J connectivity index is 0. The number of likely N-dealkylation sites (N-methyl/N-ethyl adjacent to an activating group) is 2. The summed E-state index contributed by atoms with van der Waals surface area (Å²) in [5, 5.41) is 3.39. The van der Waals surface area contributed by atoms with E-state index in [9.17, 15) is 4.79 Å². The normalized spacial score (nSPS) is 24.8. The van der Waals surface area contributed by atoms with E-state index in [1.807, 2.05) is 20.7 Å². The van der Waals surface area contributed by atoms with E-state index in [4.69, 9.17) is 0 Å². The third-order valence-electron chi connectivity index (χ3n) is 3.44. The molecule has 5 nitrogen and oxygen atoms in total. The first-order valence-corrected chi connectivity index (χ1v) is 7.26. The third-order valence-corrected chi connectivity index (χ3v) is 4.28. The van der Waals surface area contributed by atoms with Crippen molar-refractivity contribution in [1.82, 2.24) is 18.5 Å². The summed E-state index contributed by atoms with van der Waals surface area (Å²) < 4.78 is 2.16. The van der Waals surface area contributed by atoms with Crippen LogP contribution in [0, 0.1) is 0 Å². The van der Waals surface area contributed by atoms with Crippen LogP contribution in [0.15, 0.2) is 0 Å². The van der Waals surface area contributed by atoms with Crippen LogP contribution in [0.5, 0.6) is 0 Å². The van der Waals surface area contributed by atoms with Crippen LogP contribution < -0.4 is 30.1 Å². The van der Waals surface area contributed by atoms with Gasteiger partial charge in [-0.2, -0.15) is 0 Å². The molecule has 1 aliphatic heterocycles. The number of carbonyl (C=O) groups is 1. The molecule has 0 aromatic carbocycles. The Morgan fingerprint density at radius 2 is 1.55 bits per heavy atom. The topological polar surface area (TPSA) is 38.8 Å². The van der Waals surface area contributed by atoms with Crippen molar-refractivity contribution < 1.29 is 50.3 Å². The van der Waals surface area contributed by atoms with E-state index >= 15 is 0 Å². The zero-order valence-corrected chi connectivity index (χ0v) is 15.6. The zero-order valence-electron chi connectivity index (χ0n) is 12.5. The van der Waals surface area contributed by atoms with Gasteiger partial charge in [0.15, 0.2) is 0 Å². The summed E-state index contributed by atoms with van der Waals surface area (Å²) in [5.41, 5.74) is 0. The summed E-state index contributed by atoms with van der Waals surface area (Å²) in [5.74, 6) is 0.248. The van der Waals surface area contributed by atoms with Gasteiger partial charge >= 0.3 is 123 Å². The first kappa shape index (κ1) is 23.1. The van der Waals surface area contributed by atoms with E-state index in [1.54, 1.807) is 6.92 Å². The van der Waals surface area contributed by atoms with Gasteiger partial charge in [0, 0.05) is 0 Å². The number of hydrogen-bond donors (Lipinski definition) is 1. The second-order valence-corrected chi connectivity index (χ2v) is 6.03. The van der Waals surface area contributed by atoms with Crippen LogP contribution in [0.1, 0.15) is 6.92 Å². The maximum atomic E-state index is 11.7.